The van der Waals surface area contributed by atoms with Crippen LogP contribution in [-0.2, 0) is 4.79 Å². The molecule has 1 aromatic carbocycles. The van der Waals surface area contributed by atoms with Crippen LogP contribution in [0.5, 0.6) is 5.75 Å². The second-order valence-corrected chi connectivity index (χ2v) is 6.06. The molecule has 0 saturated carbocycles. The molecule has 1 saturated heterocycles. The molecule has 6 nitrogen and oxygen atoms in total. The number of aliphatic carboxylic acids is 1. The van der Waals surface area contributed by atoms with Crippen LogP contribution in [0.1, 0.15) is 12.8 Å². The summed E-state index contributed by atoms with van der Waals surface area (Å²) in [4.78, 5) is 24.5. The van der Waals surface area contributed by atoms with E-state index in [0.717, 1.165) is 24.3 Å². The van der Waals surface area contributed by atoms with Crippen molar-refractivity contribution in [3.8, 4) is 5.75 Å². The Bertz CT molecular complexity index is 500. The van der Waals surface area contributed by atoms with E-state index >= 15 is 0 Å². The van der Waals surface area contributed by atoms with E-state index in [9.17, 15) is 14.7 Å². The first-order valence-electron chi connectivity index (χ1n) is 6.73. The van der Waals surface area contributed by atoms with Crippen LogP contribution in [0.15, 0.2) is 24.3 Å². The van der Waals surface area contributed by atoms with Gasteiger partial charge in [-0.1, -0.05) is 0 Å². The molecule has 114 valence electrons. The van der Waals surface area contributed by atoms with Gasteiger partial charge < -0.3 is 15.5 Å². The molecule has 0 radical (unpaired) electrons. The normalized spacial score (nSPS) is 15.4. The largest absolute Gasteiger partial charge is 0.508 e. The molecule has 7 heteroatoms. The van der Waals surface area contributed by atoms with Crippen molar-refractivity contribution in [1.29, 1.82) is 0 Å². The van der Waals surface area contributed by atoms with Crippen molar-refractivity contribution < 1.29 is 19.8 Å². The standard InChI is InChI=1S/C14H18N2O4S/c17-12-3-1-11(2-4-12)16(9-13(18)19)14(20)15-10-5-7-21-8-6-10/h1-4,10,17H,5-9H2,(H,15,20)(H,18,19). The van der Waals surface area contributed by atoms with Crippen molar-refractivity contribution >= 4 is 29.4 Å². The average Bonchev–Trinajstić information content (AvgIpc) is 2.46. The number of carboxylic acid groups (broad SMARTS) is 1. The lowest BCUT2D eigenvalue weighted by atomic mass is 10.1. The number of benzene rings is 1. The minimum Gasteiger partial charge on any atom is -0.508 e. The number of carbonyl (C=O) groups is 2. The number of hydrogen-bond donors (Lipinski definition) is 3. The molecule has 0 bridgehead atoms. The van der Waals surface area contributed by atoms with Gasteiger partial charge in [0.1, 0.15) is 12.3 Å². The molecule has 1 fully saturated rings. The summed E-state index contributed by atoms with van der Waals surface area (Å²) in [5.74, 6) is 0.989. The first-order valence-corrected chi connectivity index (χ1v) is 7.88. The maximum absolute atomic E-state index is 12.3. The number of carboxylic acids is 1. The number of aromatic hydroxyl groups is 1. The van der Waals surface area contributed by atoms with Gasteiger partial charge in [0.2, 0.25) is 0 Å². The number of amides is 2. The second kappa shape index (κ2) is 7.21. The third-order valence-electron chi connectivity index (χ3n) is 3.25. The number of hydrogen-bond acceptors (Lipinski definition) is 4. The van der Waals surface area contributed by atoms with Gasteiger partial charge in [0.15, 0.2) is 0 Å². The Morgan fingerprint density at radius 2 is 1.86 bits per heavy atom. The Morgan fingerprint density at radius 1 is 1.24 bits per heavy atom. The van der Waals surface area contributed by atoms with Gasteiger partial charge in [0.25, 0.3) is 0 Å². The minimum absolute atomic E-state index is 0.0683. The Kier molecular flexibility index (Phi) is 5.32. The molecular formula is C14H18N2O4S. The van der Waals surface area contributed by atoms with Gasteiger partial charge in [-0.25, -0.2) is 4.79 Å². The number of phenols is 1. The van der Waals surface area contributed by atoms with Crippen LogP contribution in [0.4, 0.5) is 10.5 Å². The summed E-state index contributed by atoms with van der Waals surface area (Å²) in [5.41, 5.74) is 0.442. The van der Waals surface area contributed by atoms with E-state index in [4.69, 9.17) is 5.11 Å². The smallest absolute Gasteiger partial charge is 0.323 e. The van der Waals surface area contributed by atoms with Crippen LogP contribution in [0, 0.1) is 0 Å². The molecule has 1 aromatic rings. The maximum Gasteiger partial charge on any atom is 0.323 e. The van der Waals surface area contributed by atoms with Gasteiger partial charge in [0.05, 0.1) is 0 Å². The summed E-state index contributed by atoms with van der Waals surface area (Å²) in [6.45, 7) is -0.419. The summed E-state index contributed by atoms with van der Waals surface area (Å²) >= 11 is 1.86. The average molecular weight is 310 g/mol. The highest BCUT2D eigenvalue weighted by atomic mass is 32.2. The van der Waals surface area contributed by atoms with Gasteiger partial charge in [-0.2, -0.15) is 11.8 Å². The predicted molar refractivity (Wildman–Crippen MR) is 82.0 cm³/mol. The third kappa shape index (κ3) is 4.56. The number of nitrogens with one attached hydrogen (secondary N) is 1. The van der Waals surface area contributed by atoms with E-state index in [1.807, 2.05) is 11.8 Å². The van der Waals surface area contributed by atoms with Crippen molar-refractivity contribution in [2.45, 2.75) is 18.9 Å². The zero-order valence-electron chi connectivity index (χ0n) is 11.5. The zero-order chi connectivity index (χ0) is 15.2. The quantitative estimate of drug-likeness (QED) is 0.790. The van der Waals surface area contributed by atoms with Crippen LogP contribution in [-0.4, -0.2) is 46.3 Å². The van der Waals surface area contributed by atoms with Crippen LogP contribution < -0.4 is 10.2 Å². The number of phenolic OH excluding ortho intramolecular Hbond substituents is 1. The van der Waals surface area contributed by atoms with Crippen LogP contribution in [0.3, 0.4) is 0 Å². The molecule has 1 heterocycles. The Labute approximate surface area is 127 Å². The zero-order valence-corrected chi connectivity index (χ0v) is 12.3. The van der Waals surface area contributed by atoms with Gasteiger partial charge in [0, 0.05) is 11.7 Å². The fraction of sp³-hybridized carbons (Fsp3) is 0.429. The molecule has 2 rings (SSSR count). The molecule has 2 amide bonds. The molecule has 0 atom stereocenters. The molecule has 3 N–H and O–H groups in total. The van der Waals surface area contributed by atoms with Gasteiger partial charge in [-0.3, -0.25) is 9.69 Å². The maximum atomic E-state index is 12.3. The molecule has 0 spiro atoms. The Hall–Kier alpha value is -1.89. The topological polar surface area (TPSA) is 89.9 Å². The summed E-state index contributed by atoms with van der Waals surface area (Å²) < 4.78 is 0. The first-order chi connectivity index (χ1) is 10.1. The fourth-order valence-corrected chi connectivity index (χ4v) is 3.25. The number of nitrogens with zero attached hydrogens (tertiary/aromatic N) is 1. The SMILES string of the molecule is O=C(O)CN(C(=O)NC1CCSCC1)c1ccc(O)cc1. The number of thioether (sulfide) groups is 1. The summed E-state index contributed by atoms with van der Waals surface area (Å²) in [6.07, 6.45) is 1.79. The molecule has 1 aliphatic rings. The lowest BCUT2D eigenvalue weighted by Crippen LogP contribution is -2.48. The van der Waals surface area contributed by atoms with Crippen molar-refractivity contribution in [2.24, 2.45) is 0 Å². The van der Waals surface area contributed by atoms with E-state index in [1.54, 1.807) is 0 Å². The lowest BCUT2D eigenvalue weighted by Gasteiger charge is -2.27. The van der Waals surface area contributed by atoms with E-state index < -0.39 is 18.5 Å². The third-order valence-corrected chi connectivity index (χ3v) is 4.30. The summed E-state index contributed by atoms with van der Waals surface area (Å²) in [5, 5.41) is 21.1. The Morgan fingerprint density at radius 3 is 2.43 bits per heavy atom. The van der Waals surface area contributed by atoms with Crippen molar-refractivity contribution in [3.05, 3.63) is 24.3 Å². The van der Waals surface area contributed by atoms with Crippen molar-refractivity contribution in [1.82, 2.24) is 5.32 Å². The van der Waals surface area contributed by atoms with Crippen LogP contribution >= 0.6 is 11.8 Å². The highest BCUT2D eigenvalue weighted by Gasteiger charge is 2.23. The van der Waals surface area contributed by atoms with E-state index in [2.05, 4.69) is 5.32 Å². The second-order valence-electron chi connectivity index (χ2n) is 4.83. The highest BCUT2D eigenvalue weighted by molar-refractivity contribution is 7.99. The van der Waals surface area contributed by atoms with E-state index in [1.165, 1.54) is 29.2 Å². The molecule has 21 heavy (non-hydrogen) atoms. The molecule has 0 aromatic heterocycles. The monoisotopic (exact) mass is 310 g/mol. The van der Waals surface area contributed by atoms with E-state index in [-0.39, 0.29) is 11.8 Å². The highest BCUT2D eigenvalue weighted by Crippen LogP contribution is 2.20. The predicted octanol–water partition coefficient (Wildman–Crippen LogP) is 1.89. The lowest BCUT2D eigenvalue weighted by molar-refractivity contribution is -0.135. The van der Waals surface area contributed by atoms with E-state index in [0.29, 0.717) is 5.69 Å². The molecule has 1 aliphatic heterocycles. The number of carbonyl (C=O) groups excluding carboxylic acids is 1. The van der Waals surface area contributed by atoms with Gasteiger partial charge in [-0.15, -0.1) is 0 Å². The number of anilines is 1. The van der Waals surface area contributed by atoms with Crippen molar-refractivity contribution in [3.63, 3.8) is 0 Å². The van der Waals surface area contributed by atoms with Crippen molar-refractivity contribution in [2.75, 3.05) is 23.0 Å². The van der Waals surface area contributed by atoms with Crippen LogP contribution in [0.2, 0.25) is 0 Å². The van der Waals surface area contributed by atoms with Gasteiger partial charge >= 0.3 is 12.0 Å². The fourth-order valence-electron chi connectivity index (χ4n) is 2.14. The minimum atomic E-state index is -1.09. The van der Waals surface area contributed by atoms with Gasteiger partial charge in [-0.05, 0) is 48.6 Å². The molecule has 0 unspecified atom stereocenters. The number of urea groups is 1. The van der Waals surface area contributed by atoms with Crippen LogP contribution in [0.25, 0.3) is 0 Å². The number of rotatable bonds is 4. The summed E-state index contributed by atoms with van der Waals surface area (Å²) in [7, 11) is 0. The summed E-state index contributed by atoms with van der Waals surface area (Å²) in [6, 6.07) is 5.57. The molecular weight excluding hydrogens is 292 g/mol. The Balaban J connectivity index is 2.08. The first kappa shape index (κ1) is 15.5. The molecule has 0 aliphatic carbocycles.